The molecule has 0 spiro atoms. The first-order valence-corrected chi connectivity index (χ1v) is 6.81. The highest BCUT2D eigenvalue weighted by atomic mass is 16.2. The second-order valence-electron chi connectivity index (χ2n) is 5.09. The van der Waals surface area contributed by atoms with Gasteiger partial charge in [0.2, 0.25) is 11.8 Å². The zero-order valence-corrected chi connectivity index (χ0v) is 11.4. The van der Waals surface area contributed by atoms with Gasteiger partial charge in [-0.1, -0.05) is 31.5 Å². The quantitative estimate of drug-likeness (QED) is 0.873. The minimum absolute atomic E-state index is 0.0525. The number of para-hydroxylation sites is 1. The average molecular weight is 260 g/mol. The standard InChI is InChI=1S/C15H20N2O2/c1-3-6-10(2)16-15(19)12-9-14(18)17-13-8-5-4-7-11(12)13/h4-5,7-8,10,12H,3,6,9H2,1-2H3,(H,16,19)(H,17,18)/t10-,12+/m1/s1. The molecule has 0 aromatic heterocycles. The Labute approximate surface area is 113 Å². The SMILES string of the molecule is CCC[C@@H](C)NC(=O)[C@H]1CC(=O)Nc2ccccc21. The summed E-state index contributed by atoms with van der Waals surface area (Å²) in [6, 6.07) is 7.64. The van der Waals surface area contributed by atoms with Crippen molar-refractivity contribution in [2.75, 3.05) is 5.32 Å². The van der Waals surface area contributed by atoms with Crippen molar-refractivity contribution in [2.24, 2.45) is 0 Å². The van der Waals surface area contributed by atoms with Crippen LogP contribution in [0.3, 0.4) is 0 Å². The molecule has 0 fully saturated rings. The van der Waals surface area contributed by atoms with Crippen LogP contribution >= 0.6 is 0 Å². The van der Waals surface area contributed by atoms with Crippen molar-refractivity contribution < 1.29 is 9.59 Å². The lowest BCUT2D eigenvalue weighted by molar-refractivity contribution is -0.126. The van der Waals surface area contributed by atoms with Crippen LogP contribution in [0.5, 0.6) is 0 Å². The first kappa shape index (κ1) is 13.6. The monoisotopic (exact) mass is 260 g/mol. The molecule has 2 rings (SSSR count). The summed E-state index contributed by atoms with van der Waals surface area (Å²) in [5.41, 5.74) is 1.66. The number of carbonyl (C=O) groups is 2. The van der Waals surface area contributed by atoms with Crippen molar-refractivity contribution in [3.8, 4) is 0 Å². The molecule has 0 unspecified atom stereocenters. The normalized spacial score (nSPS) is 19.3. The van der Waals surface area contributed by atoms with Crippen LogP contribution in [0, 0.1) is 0 Å². The van der Waals surface area contributed by atoms with Gasteiger partial charge in [0.25, 0.3) is 0 Å². The van der Waals surface area contributed by atoms with E-state index in [-0.39, 0.29) is 30.2 Å². The lowest BCUT2D eigenvalue weighted by atomic mass is 9.89. The number of hydrogen-bond acceptors (Lipinski definition) is 2. The van der Waals surface area contributed by atoms with E-state index in [0.717, 1.165) is 24.1 Å². The van der Waals surface area contributed by atoms with Gasteiger partial charge in [-0.25, -0.2) is 0 Å². The Hall–Kier alpha value is -1.84. The van der Waals surface area contributed by atoms with E-state index in [9.17, 15) is 9.59 Å². The van der Waals surface area contributed by atoms with Gasteiger partial charge in [-0.05, 0) is 25.0 Å². The molecule has 1 aliphatic rings. The van der Waals surface area contributed by atoms with Crippen LogP contribution < -0.4 is 10.6 Å². The van der Waals surface area contributed by atoms with Crippen molar-refractivity contribution in [2.45, 2.75) is 45.1 Å². The zero-order chi connectivity index (χ0) is 13.8. The van der Waals surface area contributed by atoms with Crippen LogP contribution in [0.25, 0.3) is 0 Å². The summed E-state index contributed by atoms with van der Waals surface area (Å²) in [6.07, 6.45) is 2.21. The molecule has 2 atom stereocenters. The molecule has 2 N–H and O–H groups in total. The van der Waals surface area contributed by atoms with E-state index in [1.165, 1.54) is 0 Å². The number of nitrogens with one attached hydrogen (secondary N) is 2. The highest BCUT2D eigenvalue weighted by Gasteiger charge is 2.30. The molecule has 4 heteroatoms. The lowest BCUT2D eigenvalue weighted by Crippen LogP contribution is -2.39. The summed E-state index contributed by atoms with van der Waals surface area (Å²) in [6.45, 7) is 4.09. The smallest absolute Gasteiger partial charge is 0.228 e. The molecule has 19 heavy (non-hydrogen) atoms. The van der Waals surface area contributed by atoms with Gasteiger partial charge < -0.3 is 10.6 Å². The Morgan fingerprint density at radius 3 is 2.95 bits per heavy atom. The molecular formula is C15H20N2O2. The molecule has 1 aliphatic heterocycles. The van der Waals surface area contributed by atoms with Crippen LogP contribution in [0.4, 0.5) is 5.69 Å². The highest BCUT2D eigenvalue weighted by molar-refractivity contribution is 6.01. The second-order valence-corrected chi connectivity index (χ2v) is 5.09. The number of fused-ring (bicyclic) bond motifs is 1. The third-order valence-electron chi connectivity index (χ3n) is 3.43. The molecule has 1 aromatic carbocycles. The Balaban J connectivity index is 2.16. The van der Waals surface area contributed by atoms with Gasteiger partial charge in [0, 0.05) is 18.2 Å². The third-order valence-corrected chi connectivity index (χ3v) is 3.43. The van der Waals surface area contributed by atoms with Crippen molar-refractivity contribution in [1.82, 2.24) is 5.32 Å². The van der Waals surface area contributed by atoms with Gasteiger partial charge in [-0.2, -0.15) is 0 Å². The number of carbonyl (C=O) groups excluding carboxylic acids is 2. The minimum atomic E-state index is -0.371. The zero-order valence-electron chi connectivity index (χ0n) is 11.4. The Bertz CT molecular complexity index is 485. The predicted molar refractivity (Wildman–Crippen MR) is 74.9 cm³/mol. The predicted octanol–water partition coefficient (Wildman–Crippen LogP) is 2.42. The molecule has 1 aromatic rings. The molecule has 0 saturated heterocycles. The van der Waals surface area contributed by atoms with Crippen LogP contribution in [0.15, 0.2) is 24.3 Å². The number of anilines is 1. The second kappa shape index (κ2) is 5.87. The maximum atomic E-state index is 12.3. The maximum absolute atomic E-state index is 12.3. The molecule has 2 amide bonds. The fraction of sp³-hybridized carbons (Fsp3) is 0.467. The molecule has 0 saturated carbocycles. The van der Waals surface area contributed by atoms with Crippen LogP contribution in [0.2, 0.25) is 0 Å². The minimum Gasteiger partial charge on any atom is -0.353 e. The molecule has 102 valence electrons. The highest BCUT2D eigenvalue weighted by Crippen LogP contribution is 2.32. The molecular weight excluding hydrogens is 240 g/mol. The van der Waals surface area contributed by atoms with Crippen molar-refractivity contribution in [3.63, 3.8) is 0 Å². The number of benzene rings is 1. The largest absolute Gasteiger partial charge is 0.353 e. The van der Waals surface area contributed by atoms with Crippen molar-refractivity contribution >= 4 is 17.5 Å². The molecule has 1 heterocycles. The number of rotatable bonds is 4. The lowest BCUT2D eigenvalue weighted by Gasteiger charge is -2.26. The first-order chi connectivity index (χ1) is 9.11. The van der Waals surface area contributed by atoms with Gasteiger partial charge in [-0.3, -0.25) is 9.59 Å². The van der Waals surface area contributed by atoms with E-state index in [4.69, 9.17) is 0 Å². The van der Waals surface area contributed by atoms with Crippen LogP contribution in [0.1, 0.15) is 44.6 Å². The van der Waals surface area contributed by atoms with Gasteiger partial charge >= 0.3 is 0 Å². The first-order valence-electron chi connectivity index (χ1n) is 6.81. The third kappa shape index (κ3) is 3.13. The van der Waals surface area contributed by atoms with Crippen LogP contribution in [-0.2, 0) is 9.59 Å². The van der Waals surface area contributed by atoms with Gasteiger partial charge in [-0.15, -0.1) is 0 Å². The fourth-order valence-electron chi connectivity index (χ4n) is 2.49. The van der Waals surface area contributed by atoms with E-state index in [2.05, 4.69) is 17.6 Å². The van der Waals surface area contributed by atoms with Crippen LogP contribution in [-0.4, -0.2) is 17.9 Å². The summed E-state index contributed by atoms with van der Waals surface area (Å²) in [7, 11) is 0. The average Bonchev–Trinajstić information content (AvgIpc) is 2.37. The molecule has 0 radical (unpaired) electrons. The molecule has 0 aliphatic carbocycles. The molecule has 4 nitrogen and oxygen atoms in total. The Kier molecular flexibility index (Phi) is 4.20. The summed E-state index contributed by atoms with van der Waals surface area (Å²) in [5.74, 6) is -0.519. The molecule has 0 bridgehead atoms. The maximum Gasteiger partial charge on any atom is 0.228 e. The summed E-state index contributed by atoms with van der Waals surface area (Å²) in [4.78, 5) is 24.0. The van der Waals surface area contributed by atoms with E-state index in [1.807, 2.05) is 31.2 Å². The summed E-state index contributed by atoms with van der Waals surface area (Å²) in [5, 5.41) is 5.80. The van der Waals surface area contributed by atoms with Crippen molar-refractivity contribution in [1.29, 1.82) is 0 Å². The Morgan fingerprint density at radius 1 is 1.47 bits per heavy atom. The fourth-order valence-corrected chi connectivity index (χ4v) is 2.49. The van der Waals surface area contributed by atoms with Crippen molar-refractivity contribution in [3.05, 3.63) is 29.8 Å². The van der Waals surface area contributed by atoms with Gasteiger partial charge in [0.15, 0.2) is 0 Å². The summed E-state index contributed by atoms with van der Waals surface area (Å²) < 4.78 is 0. The topological polar surface area (TPSA) is 58.2 Å². The summed E-state index contributed by atoms with van der Waals surface area (Å²) >= 11 is 0. The number of hydrogen-bond donors (Lipinski definition) is 2. The number of amides is 2. The Morgan fingerprint density at radius 2 is 2.21 bits per heavy atom. The van der Waals surface area contributed by atoms with E-state index in [0.29, 0.717) is 0 Å². The van der Waals surface area contributed by atoms with Gasteiger partial charge in [0.05, 0.1) is 5.92 Å². The van der Waals surface area contributed by atoms with E-state index in [1.54, 1.807) is 0 Å². The van der Waals surface area contributed by atoms with Gasteiger partial charge in [0.1, 0.15) is 0 Å². The van der Waals surface area contributed by atoms with E-state index < -0.39 is 0 Å². The van der Waals surface area contributed by atoms with E-state index >= 15 is 0 Å².